The van der Waals surface area contributed by atoms with Crippen molar-refractivity contribution in [3.63, 3.8) is 0 Å². The van der Waals surface area contributed by atoms with E-state index in [0.29, 0.717) is 28.6 Å². The molecule has 1 aliphatic rings. The fourth-order valence-corrected chi connectivity index (χ4v) is 6.43. The number of nitrogens with one attached hydrogen (secondary N) is 1. The molecule has 4 aromatic rings. The van der Waals surface area contributed by atoms with Gasteiger partial charge in [0.25, 0.3) is 10.0 Å². The summed E-state index contributed by atoms with van der Waals surface area (Å²) >= 11 is 0. The van der Waals surface area contributed by atoms with Gasteiger partial charge in [0.2, 0.25) is 5.91 Å². The lowest BCUT2D eigenvalue weighted by Gasteiger charge is -2.21. The van der Waals surface area contributed by atoms with E-state index in [2.05, 4.69) is 23.6 Å². The molecule has 1 fully saturated rings. The van der Waals surface area contributed by atoms with Gasteiger partial charge in [-0.2, -0.15) is 0 Å². The molecule has 38 heavy (non-hydrogen) atoms. The number of carbonyl (C=O) groups excluding carboxylic acids is 1. The molecule has 0 spiro atoms. The number of ether oxygens (including phenoxy) is 1. The third-order valence-corrected chi connectivity index (χ3v) is 8.68. The highest BCUT2D eigenvalue weighted by atomic mass is 32.2. The van der Waals surface area contributed by atoms with E-state index in [1.807, 2.05) is 50.2 Å². The zero-order chi connectivity index (χ0) is 27.2. The van der Waals surface area contributed by atoms with Crippen LogP contribution in [0.4, 0.5) is 0 Å². The fraction of sp³-hybridized carbons (Fsp3) is 0.300. The summed E-state index contributed by atoms with van der Waals surface area (Å²) in [5.41, 5.74) is 3.47. The summed E-state index contributed by atoms with van der Waals surface area (Å²) in [6.07, 6.45) is 0.416. The highest BCUT2D eigenvalue weighted by molar-refractivity contribution is 7.90. The number of sulfonamides is 1. The predicted molar refractivity (Wildman–Crippen MR) is 147 cm³/mol. The predicted octanol–water partition coefficient (Wildman–Crippen LogP) is 5.31. The Morgan fingerprint density at radius 3 is 2.53 bits per heavy atom. The summed E-state index contributed by atoms with van der Waals surface area (Å²) in [5.74, 6) is -0.144. The van der Waals surface area contributed by atoms with Crippen molar-refractivity contribution >= 4 is 26.8 Å². The van der Waals surface area contributed by atoms with E-state index in [1.54, 1.807) is 31.4 Å². The maximum Gasteiger partial charge on any atom is 0.264 e. The number of methoxy groups -OCH3 is 1. The number of aromatic nitrogens is 2. The molecular formula is C30H31N3O4S. The van der Waals surface area contributed by atoms with Crippen LogP contribution in [0.2, 0.25) is 0 Å². The zero-order valence-corrected chi connectivity index (χ0v) is 23.0. The number of hydrogen-bond donors (Lipinski definition) is 1. The normalized spacial score (nSPS) is 18.9. The SMILES string of the molecule is COc1ccc(C)cc1[C@]1(C(=O)NS(=O)(=O)c2cccc3nc(C)ccc23)C[C@@H]1c1cccc(C(C)C)n1. The number of hydrogen-bond acceptors (Lipinski definition) is 6. The van der Waals surface area contributed by atoms with Crippen LogP contribution in [-0.4, -0.2) is 31.4 Å². The summed E-state index contributed by atoms with van der Waals surface area (Å²) < 4.78 is 35.4. The highest BCUT2D eigenvalue weighted by Crippen LogP contribution is 2.62. The van der Waals surface area contributed by atoms with E-state index < -0.39 is 21.3 Å². The molecule has 2 aromatic carbocycles. The van der Waals surface area contributed by atoms with Crippen molar-refractivity contribution in [1.29, 1.82) is 0 Å². The van der Waals surface area contributed by atoms with Gasteiger partial charge < -0.3 is 4.74 Å². The van der Waals surface area contributed by atoms with Gasteiger partial charge in [-0.1, -0.05) is 43.7 Å². The highest BCUT2D eigenvalue weighted by Gasteiger charge is 2.64. The molecular weight excluding hydrogens is 498 g/mol. The third kappa shape index (κ3) is 4.43. The van der Waals surface area contributed by atoms with Gasteiger partial charge in [-0.3, -0.25) is 14.8 Å². The van der Waals surface area contributed by atoms with Crippen LogP contribution in [0.15, 0.2) is 71.6 Å². The summed E-state index contributed by atoms with van der Waals surface area (Å²) in [7, 11) is -2.66. The van der Waals surface area contributed by atoms with Crippen LogP contribution in [-0.2, 0) is 20.2 Å². The van der Waals surface area contributed by atoms with Gasteiger partial charge in [-0.25, -0.2) is 13.1 Å². The summed E-state index contributed by atoms with van der Waals surface area (Å²) in [6, 6.07) is 19.8. The Bertz CT molecular complexity index is 1670. The molecule has 196 valence electrons. The molecule has 5 rings (SSSR count). The molecule has 2 aromatic heterocycles. The number of fused-ring (bicyclic) bond motifs is 1. The van der Waals surface area contributed by atoms with Crippen molar-refractivity contribution in [3.05, 3.63) is 94.9 Å². The van der Waals surface area contributed by atoms with Crippen LogP contribution in [0.25, 0.3) is 10.9 Å². The molecule has 1 amide bonds. The Labute approximate surface area is 223 Å². The van der Waals surface area contributed by atoms with E-state index in [9.17, 15) is 13.2 Å². The largest absolute Gasteiger partial charge is 0.496 e. The minimum Gasteiger partial charge on any atom is -0.496 e. The van der Waals surface area contributed by atoms with Crippen LogP contribution in [0.5, 0.6) is 5.75 Å². The Morgan fingerprint density at radius 1 is 1.03 bits per heavy atom. The minimum atomic E-state index is -4.21. The third-order valence-electron chi connectivity index (χ3n) is 7.29. The number of carbonyl (C=O) groups is 1. The molecule has 1 aliphatic carbocycles. The molecule has 0 bridgehead atoms. The molecule has 7 nitrogen and oxygen atoms in total. The van der Waals surface area contributed by atoms with Crippen LogP contribution in [0, 0.1) is 13.8 Å². The molecule has 0 unspecified atom stereocenters. The molecule has 2 atom stereocenters. The maximum atomic E-state index is 14.1. The van der Waals surface area contributed by atoms with Crippen LogP contribution in [0.1, 0.15) is 60.3 Å². The first kappa shape index (κ1) is 25.9. The van der Waals surface area contributed by atoms with Crippen molar-refractivity contribution < 1.29 is 17.9 Å². The van der Waals surface area contributed by atoms with Crippen LogP contribution in [0.3, 0.4) is 0 Å². The first-order chi connectivity index (χ1) is 18.1. The van der Waals surface area contributed by atoms with E-state index >= 15 is 0 Å². The average molecular weight is 530 g/mol. The second kappa shape index (κ2) is 9.51. The molecule has 2 heterocycles. The second-order valence-corrected chi connectivity index (χ2v) is 11.9. The molecule has 1 saturated carbocycles. The molecule has 0 saturated heterocycles. The molecule has 8 heteroatoms. The maximum absolute atomic E-state index is 14.1. The fourth-order valence-electron chi connectivity index (χ4n) is 5.18. The number of rotatable bonds is 7. The zero-order valence-electron chi connectivity index (χ0n) is 22.1. The average Bonchev–Trinajstić information content (AvgIpc) is 3.65. The lowest BCUT2D eigenvalue weighted by atomic mass is 9.89. The van der Waals surface area contributed by atoms with Crippen molar-refractivity contribution in [1.82, 2.24) is 14.7 Å². The van der Waals surface area contributed by atoms with E-state index in [4.69, 9.17) is 9.72 Å². The number of benzene rings is 2. The van der Waals surface area contributed by atoms with Gasteiger partial charge in [-0.15, -0.1) is 0 Å². The van der Waals surface area contributed by atoms with Gasteiger partial charge in [0, 0.05) is 33.9 Å². The summed E-state index contributed by atoms with van der Waals surface area (Å²) in [6.45, 7) is 7.91. The molecule has 0 radical (unpaired) electrons. The second-order valence-electron chi connectivity index (χ2n) is 10.3. The van der Waals surface area contributed by atoms with Crippen LogP contribution < -0.4 is 9.46 Å². The first-order valence-corrected chi connectivity index (χ1v) is 14.1. The quantitative estimate of drug-likeness (QED) is 0.348. The first-order valence-electron chi connectivity index (χ1n) is 12.6. The monoisotopic (exact) mass is 529 g/mol. The van der Waals surface area contributed by atoms with Gasteiger partial charge in [0.05, 0.1) is 22.9 Å². The lowest BCUT2D eigenvalue weighted by molar-refractivity contribution is -0.122. The standard InChI is InChI=1S/C30H31N3O4S/c1-18(2)24-8-6-10-26(32-24)23-17-30(23,22-16-19(3)12-15-27(22)37-5)29(34)33-38(35,36)28-11-7-9-25-21(28)14-13-20(4)31-25/h6-16,18,23H,17H2,1-5H3,(H,33,34)/t23-,30-/m1/s1. The number of nitrogens with zero attached hydrogens (tertiary/aromatic N) is 2. The van der Waals surface area contributed by atoms with E-state index in [1.165, 1.54) is 6.07 Å². The van der Waals surface area contributed by atoms with Crippen molar-refractivity contribution in [2.45, 2.75) is 56.3 Å². The Hall–Kier alpha value is -3.78. The number of amides is 1. The van der Waals surface area contributed by atoms with Crippen molar-refractivity contribution in [2.24, 2.45) is 0 Å². The molecule has 1 N–H and O–H groups in total. The van der Waals surface area contributed by atoms with Gasteiger partial charge >= 0.3 is 0 Å². The number of aryl methyl sites for hydroxylation is 2. The van der Waals surface area contributed by atoms with Gasteiger partial charge in [0.1, 0.15) is 5.75 Å². The number of pyridine rings is 2. The van der Waals surface area contributed by atoms with E-state index in [-0.39, 0.29) is 16.7 Å². The Morgan fingerprint density at radius 2 is 1.79 bits per heavy atom. The van der Waals surface area contributed by atoms with E-state index in [0.717, 1.165) is 22.6 Å². The topological polar surface area (TPSA) is 98.2 Å². The summed E-state index contributed by atoms with van der Waals surface area (Å²) in [4.78, 5) is 23.4. The Balaban J connectivity index is 1.60. The summed E-state index contributed by atoms with van der Waals surface area (Å²) in [5, 5.41) is 0.458. The van der Waals surface area contributed by atoms with Gasteiger partial charge in [0.15, 0.2) is 0 Å². The minimum absolute atomic E-state index is 0.0133. The molecule has 0 aliphatic heterocycles. The van der Waals surface area contributed by atoms with Crippen molar-refractivity contribution in [2.75, 3.05) is 7.11 Å². The lowest BCUT2D eigenvalue weighted by Crippen LogP contribution is -2.40. The van der Waals surface area contributed by atoms with Crippen LogP contribution >= 0.6 is 0 Å². The Kier molecular flexibility index (Phi) is 6.47. The van der Waals surface area contributed by atoms with Crippen molar-refractivity contribution in [3.8, 4) is 5.75 Å². The smallest absolute Gasteiger partial charge is 0.264 e. The van der Waals surface area contributed by atoms with Gasteiger partial charge in [-0.05, 0) is 68.7 Å².